The molecule has 27 heavy (non-hydrogen) atoms. The molecule has 0 aliphatic heterocycles. The van der Waals surface area contributed by atoms with Gasteiger partial charge in [0.25, 0.3) is 0 Å². The van der Waals surface area contributed by atoms with Gasteiger partial charge in [0.05, 0.1) is 23.2 Å². The molecule has 2 N–H and O–H groups in total. The van der Waals surface area contributed by atoms with Crippen LogP contribution < -0.4 is 10.7 Å². The van der Waals surface area contributed by atoms with Crippen molar-refractivity contribution >= 4 is 17.1 Å². The number of aromatic nitrogens is 1. The fourth-order valence-electron chi connectivity index (χ4n) is 2.99. The topological polar surface area (TPSA) is 92.4 Å². The first kappa shape index (κ1) is 18.5. The molecule has 2 heterocycles. The largest absolute Gasteiger partial charge is 0.465 e. The Bertz CT molecular complexity index is 1120. The second kappa shape index (κ2) is 6.79. The summed E-state index contributed by atoms with van der Waals surface area (Å²) in [6, 6.07) is 3.48. The smallest absolute Gasteiger partial charge is 0.405 e. The van der Waals surface area contributed by atoms with E-state index < -0.39 is 29.3 Å². The summed E-state index contributed by atoms with van der Waals surface area (Å²) in [6.07, 6.45) is -0.520. The molecule has 0 unspecified atom stereocenters. The number of nitrogens with zero attached hydrogens (tertiary/aromatic N) is 1. The van der Waals surface area contributed by atoms with E-state index in [1.165, 1.54) is 6.92 Å². The van der Waals surface area contributed by atoms with Crippen molar-refractivity contribution in [2.45, 2.75) is 26.8 Å². The minimum atomic E-state index is -1.24. The van der Waals surface area contributed by atoms with E-state index in [4.69, 9.17) is 9.52 Å². The van der Waals surface area contributed by atoms with Gasteiger partial charge in [-0.1, -0.05) is 6.07 Å². The monoisotopic (exact) mass is 374 g/mol. The lowest BCUT2D eigenvalue weighted by Gasteiger charge is -2.16. The Hall–Kier alpha value is -3.29. The maximum atomic E-state index is 14.1. The Morgan fingerprint density at radius 2 is 1.96 bits per heavy atom. The number of benzene rings is 1. The van der Waals surface area contributed by atoms with Crippen LogP contribution in [0.2, 0.25) is 0 Å². The number of fused-ring (bicyclic) bond motifs is 1. The zero-order valence-corrected chi connectivity index (χ0v) is 14.8. The summed E-state index contributed by atoms with van der Waals surface area (Å²) in [4.78, 5) is 27.2. The van der Waals surface area contributed by atoms with Crippen molar-refractivity contribution in [3.63, 3.8) is 0 Å². The Kier molecular flexibility index (Phi) is 4.65. The lowest BCUT2D eigenvalue weighted by Crippen LogP contribution is -2.25. The van der Waals surface area contributed by atoms with Crippen molar-refractivity contribution in [2.75, 3.05) is 0 Å². The third-order valence-corrected chi connectivity index (χ3v) is 4.25. The van der Waals surface area contributed by atoms with Crippen molar-refractivity contribution in [3.05, 3.63) is 63.1 Å². The van der Waals surface area contributed by atoms with E-state index >= 15 is 0 Å². The highest BCUT2D eigenvalue weighted by Gasteiger charge is 2.21. The van der Waals surface area contributed by atoms with Crippen LogP contribution in [-0.2, 0) is 0 Å². The number of nitrogens with one attached hydrogen (secondary N) is 1. The van der Waals surface area contributed by atoms with Crippen LogP contribution in [-0.4, -0.2) is 16.2 Å². The quantitative estimate of drug-likeness (QED) is 0.674. The fraction of sp³-hybridized carbons (Fsp3) is 0.211. The summed E-state index contributed by atoms with van der Waals surface area (Å²) in [5.41, 5.74) is 0.657. The molecule has 3 aromatic rings. The number of carbonyl (C=O) groups is 1. The van der Waals surface area contributed by atoms with Crippen LogP contribution in [0.3, 0.4) is 0 Å². The highest BCUT2D eigenvalue weighted by molar-refractivity contribution is 5.84. The number of aryl methyl sites for hydroxylation is 1. The number of carboxylic acid groups (broad SMARTS) is 1. The highest BCUT2D eigenvalue weighted by Crippen LogP contribution is 2.31. The molecule has 1 aromatic carbocycles. The second-order valence-electron chi connectivity index (χ2n) is 6.28. The van der Waals surface area contributed by atoms with Gasteiger partial charge in [-0.2, -0.15) is 4.39 Å². The summed E-state index contributed by atoms with van der Waals surface area (Å²) in [5.74, 6) is -1.91. The standard InChI is InChI=1S/C19H16F2N2O4/c1-8-4-12(10(3)23-19(25)26)17-13(5-8)15(24)9(2)16(27-17)14-6-11(20)7-22-18(14)21/h4-7,10,23H,1-3H3,(H,25,26)/t10-/m1/s1. The number of amides is 1. The third-order valence-electron chi connectivity index (χ3n) is 4.25. The van der Waals surface area contributed by atoms with Gasteiger partial charge in [-0.3, -0.25) is 4.79 Å². The summed E-state index contributed by atoms with van der Waals surface area (Å²) < 4.78 is 33.5. The van der Waals surface area contributed by atoms with Gasteiger partial charge in [0, 0.05) is 11.1 Å². The zero-order chi connectivity index (χ0) is 19.9. The van der Waals surface area contributed by atoms with Crippen molar-refractivity contribution in [2.24, 2.45) is 0 Å². The van der Waals surface area contributed by atoms with Crippen molar-refractivity contribution in [1.82, 2.24) is 10.3 Å². The molecule has 0 bridgehead atoms. The SMILES string of the molecule is Cc1cc([C@@H](C)NC(=O)O)c2oc(-c3cc(F)cnc3F)c(C)c(=O)c2c1. The Morgan fingerprint density at radius 3 is 2.63 bits per heavy atom. The van der Waals surface area contributed by atoms with E-state index in [-0.39, 0.29) is 27.9 Å². The molecule has 2 aromatic heterocycles. The highest BCUT2D eigenvalue weighted by atomic mass is 19.1. The molecule has 0 radical (unpaired) electrons. The summed E-state index contributed by atoms with van der Waals surface area (Å²) >= 11 is 0. The summed E-state index contributed by atoms with van der Waals surface area (Å²) in [7, 11) is 0. The van der Waals surface area contributed by atoms with Crippen LogP contribution in [0.1, 0.15) is 29.7 Å². The van der Waals surface area contributed by atoms with E-state index in [1.54, 1.807) is 26.0 Å². The van der Waals surface area contributed by atoms with Crippen LogP contribution >= 0.6 is 0 Å². The van der Waals surface area contributed by atoms with E-state index in [0.29, 0.717) is 5.56 Å². The van der Waals surface area contributed by atoms with Gasteiger partial charge in [-0.25, -0.2) is 14.2 Å². The van der Waals surface area contributed by atoms with E-state index in [0.717, 1.165) is 17.8 Å². The predicted molar refractivity (Wildman–Crippen MR) is 94.7 cm³/mol. The molecule has 0 spiro atoms. The summed E-state index contributed by atoms with van der Waals surface area (Å²) in [5, 5.41) is 11.5. The van der Waals surface area contributed by atoms with Crippen LogP contribution in [0.5, 0.6) is 0 Å². The van der Waals surface area contributed by atoms with Gasteiger partial charge in [0.15, 0.2) is 5.43 Å². The molecule has 3 rings (SSSR count). The van der Waals surface area contributed by atoms with E-state index in [1.807, 2.05) is 0 Å². The number of pyridine rings is 1. The van der Waals surface area contributed by atoms with Crippen LogP contribution in [0.25, 0.3) is 22.3 Å². The summed E-state index contributed by atoms with van der Waals surface area (Å²) in [6.45, 7) is 4.80. The average molecular weight is 374 g/mol. The molecule has 140 valence electrons. The van der Waals surface area contributed by atoms with Gasteiger partial charge < -0.3 is 14.8 Å². The number of hydrogen-bond acceptors (Lipinski definition) is 4. The van der Waals surface area contributed by atoms with Gasteiger partial charge in [0.1, 0.15) is 17.2 Å². The molecule has 6 nitrogen and oxygen atoms in total. The number of hydrogen-bond donors (Lipinski definition) is 2. The zero-order valence-electron chi connectivity index (χ0n) is 14.8. The Balaban J connectivity index is 2.37. The predicted octanol–water partition coefficient (Wildman–Crippen LogP) is 4.08. The first-order valence-electron chi connectivity index (χ1n) is 8.08. The normalized spacial score (nSPS) is 12.2. The van der Waals surface area contributed by atoms with E-state index in [9.17, 15) is 18.4 Å². The molecule has 1 atom stereocenters. The molecule has 0 fully saturated rings. The minimum absolute atomic E-state index is 0.101. The second-order valence-corrected chi connectivity index (χ2v) is 6.28. The number of halogens is 2. The first-order valence-corrected chi connectivity index (χ1v) is 8.08. The van der Waals surface area contributed by atoms with Crippen LogP contribution in [0.4, 0.5) is 13.6 Å². The van der Waals surface area contributed by atoms with Gasteiger partial charge in [-0.05, 0) is 38.5 Å². The molecular weight excluding hydrogens is 358 g/mol. The van der Waals surface area contributed by atoms with Crippen molar-refractivity contribution in [1.29, 1.82) is 0 Å². The Morgan fingerprint density at radius 1 is 1.26 bits per heavy atom. The van der Waals surface area contributed by atoms with E-state index in [2.05, 4.69) is 10.3 Å². The van der Waals surface area contributed by atoms with Crippen LogP contribution in [0.15, 0.2) is 33.6 Å². The Labute approximate surface area is 152 Å². The molecule has 8 heteroatoms. The van der Waals surface area contributed by atoms with Gasteiger partial charge in [-0.15, -0.1) is 0 Å². The maximum Gasteiger partial charge on any atom is 0.405 e. The van der Waals surface area contributed by atoms with Crippen LogP contribution in [0, 0.1) is 25.6 Å². The van der Waals surface area contributed by atoms with Crippen molar-refractivity contribution < 1.29 is 23.1 Å². The lowest BCUT2D eigenvalue weighted by molar-refractivity contribution is 0.191. The molecule has 0 saturated heterocycles. The average Bonchev–Trinajstić information content (AvgIpc) is 2.59. The molecule has 0 aliphatic rings. The first-order chi connectivity index (χ1) is 12.7. The number of rotatable bonds is 3. The van der Waals surface area contributed by atoms with Gasteiger partial charge >= 0.3 is 6.09 Å². The van der Waals surface area contributed by atoms with Crippen molar-refractivity contribution in [3.8, 4) is 11.3 Å². The minimum Gasteiger partial charge on any atom is -0.465 e. The fourth-order valence-corrected chi connectivity index (χ4v) is 2.99. The molecule has 0 saturated carbocycles. The molecule has 1 amide bonds. The molecule has 0 aliphatic carbocycles. The lowest BCUT2D eigenvalue weighted by atomic mass is 9.99. The molecular formula is C19H16F2N2O4. The third kappa shape index (κ3) is 3.38. The van der Waals surface area contributed by atoms with Gasteiger partial charge in [0.2, 0.25) is 5.95 Å². The maximum absolute atomic E-state index is 14.1.